The molecular weight excluding hydrogens is 352 g/mol. The zero-order valence-electron chi connectivity index (χ0n) is 16.1. The molecule has 1 amide bonds. The summed E-state index contributed by atoms with van der Waals surface area (Å²) >= 11 is 0. The molecule has 6 heteroatoms. The number of hydrogen-bond acceptors (Lipinski definition) is 5. The Morgan fingerprint density at radius 3 is 2.89 bits per heavy atom. The van der Waals surface area contributed by atoms with Gasteiger partial charge in [-0.15, -0.1) is 0 Å². The van der Waals surface area contributed by atoms with E-state index in [0.717, 1.165) is 13.0 Å². The zero-order valence-corrected chi connectivity index (χ0v) is 16.1. The molecule has 2 atom stereocenters. The predicted molar refractivity (Wildman–Crippen MR) is 106 cm³/mol. The molecule has 0 radical (unpaired) electrons. The van der Waals surface area contributed by atoms with Gasteiger partial charge in [0, 0.05) is 37.9 Å². The third-order valence-corrected chi connectivity index (χ3v) is 6.53. The van der Waals surface area contributed by atoms with Crippen LogP contribution < -0.4 is 10.2 Å². The zero-order chi connectivity index (χ0) is 19.0. The van der Waals surface area contributed by atoms with Crippen LogP contribution in [0.25, 0.3) is 0 Å². The SMILES string of the molecule is O=C(NCc1ccc2c(c1)CCCC2)[C@]12COC[C@H]1CN(c1ncccn1)C2. The molecule has 1 aromatic carbocycles. The van der Waals surface area contributed by atoms with Crippen LogP contribution in [0.3, 0.4) is 0 Å². The Labute approximate surface area is 165 Å². The van der Waals surface area contributed by atoms with E-state index in [1.807, 2.05) is 6.07 Å². The van der Waals surface area contributed by atoms with Gasteiger partial charge < -0.3 is 15.0 Å². The van der Waals surface area contributed by atoms with Crippen molar-refractivity contribution in [3.63, 3.8) is 0 Å². The van der Waals surface area contributed by atoms with Crippen LogP contribution in [0.1, 0.15) is 29.5 Å². The number of carbonyl (C=O) groups excluding carboxylic acids is 1. The van der Waals surface area contributed by atoms with Gasteiger partial charge in [-0.05, 0) is 48.4 Å². The Morgan fingerprint density at radius 2 is 2.04 bits per heavy atom. The number of aromatic nitrogens is 2. The smallest absolute Gasteiger partial charge is 0.231 e. The second-order valence-corrected chi connectivity index (χ2v) is 8.29. The molecule has 3 heterocycles. The van der Waals surface area contributed by atoms with E-state index in [0.29, 0.717) is 32.3 Å². The normalized spacial score (nSPS) is 26.0. The summed E-state index contributed by atoms with van der Waals surface area (Å²) in [4.78, 5) is 24.1. The van der Waals surface area contributed by atoms with E-state index in [1.165, 1.54) is 36.0 Å². The summed E-state index contributed by atoms with van der Waals surface area (Å²) in [6.45, 7) is 3.03. The van der Waals surface area contributed by atoms with Gasteiger partial charge in [0.15, 0.2) is 0 Å². The first-order valence-corrected chi connectivity index (χ1v) is 10.2. The van der Waals surface area contributed by atoms with Crippen molar-refractivity contribution < 1.29 is 9.53 Å². The lowest BCUT2D eigenvalue weighted by atomic mass is 9.80. The van der Waals surface area contributed by atoms with Gasteiger partial charge in [-0.2, -0.15) is 0 Å². The number of carbonyl (C=O) groups is 1. The van der Waals surface area contributed by atoms with Crippen LogP contribution >= 0.6 is 0 Å². The van der Waals surface area contributed by atoms with Gasteiger partial charge in [0.05, 0.1) is 18.6 Å². The van der Waals surface area contributed by atoms with Gasteiger partial charge in [0.1, 0.15) is 0 Å². The Kier molecular flexibility index (Phi) is 4.51. The second kappa shape index (κ2) is 7.17. The van der Waals surface area contributed by atoms with Gasteiger partial charge in [0.25, 0.3) is 0 Å². The number of amides is 1. The molecule has 2 saturated heterocycles. The molecule has 5 rings (SSSR count). The number of aryl methyl sites for hydroxylation is 2. The monoisotopic (exact) mass is 378 g/mol. The lowest BCUT2D eigenvalue weighted by Gasteiger charge is -2.26. The predicted octanol–water partition coefficient (Wildman–Crippen LogP) is 2.12. The summed E-state index contributed by atoms with van der Waals surface area (Å²) in [5, 5.41) is 3.20. The lowest BCUT2D eigenvalue weighted by molar-refractivity contribution is -0.131. The summed E-state index contributed by atoms with van der Waals surface area (Å²) in [5.74, 6) is 0.963. The van der Waals surface area contributed by atoms with Crippen LogP contribution in [-0.4, -0.2) is 42.2 Å². The summed E-state index contributed by atoms with van der Waals surface area (Å²) in [7, 11) is 0. The molecular formula is C22H26N4O2. The van der Waals surface area contributed by atoms with Crippen molar-refractivity contribution in [3.05, 3.63) is 53.3 Å². The van der Waals surface area contributed by atoms with Crippen molar-refractivity contribution in [2.24, 2.45) is 11.3 Å². The molecule has 0 spiro atoms. The molecule has 3 aliphatic rings. The Bertz CT molecular complexity index is 872. The second-order valence-electron chi connectivity index (χ2n) is 8.29. The summed E-state index contributed by atoms with van der Waals surface area (Å²) < 4.78 is 5.72. The Balaban J connectivity index is 1.29. The maximum atomic E-state index is 13.2. The quantitative estimate of drug-likeness (QED) is 0.883. The van der Waals surface area contributed by atoms with E-state index in [-0.39, 0.29) is 11.8 Å². The van der Waals surface area contributed by atoms with Crippen molar-refractivity contribution >= 4 is 11.9 Å². The molecule has 2 fully saturated rings. The number of ether oxygens (including phenoxy) is 1. The van der Waals surface area contributed by atoms with Crippen LogP contribution in [0.15, 0.2) is 36.7 Å². The maximum absolute atomic E-state index is 13.2. The lowest BCUT2D eigenvalue weighted by Crippen LogP contribution is -2.46. The number of fused-ring (bicyclic) bond motifs is 2. The number of nitrogens with zero attached hydrogens (tertiary/aromatic N) is 3. The first-order chi connectivity index (χ1) is 13.7. The average molecular weight is 378 g/mol. The third-order valence-electron chi connectivity index (χ3n) is 6.53. The van der Waals surface area contributed by atoms with Crippen LogP contribution in [0.5, 0.6) is 0 Å². The summed E-state index contributed by atoms with van der Waals surface area (Å²) in [6, 6.07) is 8.47. The minimum atomic E-state index is -0.507. The number of nitrogens with one attached hydrogen (secondary N) is 1. The van der Waals surface area contributed by atoms with Gasteiger partial charge in [0.2, 0.25) is 11.9 Å². The third kappa shape index (κ3) is 3.05. The number of benzene rings is 1. The van der Waals surface area contributed by atoms with Crippen molar-refractivity contribution in [3.8, 4) is 0 Å². The van der Waals surface area contributed by atoms with Crippen molar-refractivity contribution in [1.29, 1.82) is 0 Å². The van der Waals surface area contributed by atoms with E-state index in [2.05, 4.69) is 38.4 Å². The molecule has 1 aromatic heterocycles. The number of hydrogen-bond donors (Lipinski definition) is 1. The van der Waals surface area contributed by atoms with Gasteiger partial charge >= 0.3 is 0 Å². The van der Waals surface area contributed by atoms with Gasteiger partial charge in [-0.3, -0.25) is 4.79 Å². The molecule has 1 aliphatic carbocycles. The topological polar surface area (TPSA) is 67.3 Å². The van der Waals surface area contributed by atoms with Crippen molar-refractivity contribution in [1.82, 2.24) is 15.3 Å². The van der Waals surface area contributed by atoms with Crippen LogP contribution in [-0.2, 0) is 28.9 Å². The van der Waals surface area contributed by atoms with E-state index in [1.54, 1.807) is 12.4 Å². The molecule has 0 unspecified atom stereocenters. The summed E-state index contributed by atoms with van der Waals surface area (Å²) in [5.41, 5.74) is 3.60. The van der Waals surface area contributed by atoms with Crippen LogP contribution in [0, 0.1) is 11.3 Å². The van der Waals surface area contributed by atoms with Gasteiger partial charge in [-0.25, -0.2) is 9.97 Å². The molecule has 0 bridgehead atoms. The Morgan fingerprint density at radius 1 is 1.21 bits per heavy atom. The number of anilines is 1. The first kappa shape index (κ1) is 17.6. The molecule has 2 aromatic rings. The fourth-order valence-electron chi connectivity index (χ4n) is 4.92. The fraction of sp³-hybridized carbons (Fsp3) is 0.500. The summed E-state index contributed by atoms with van der Waals surface area (Å²) in [6.07, 6.45) is 8.38. The van der Waals surface area contributed by atoms with E-state index in [9.17, 15) is 4.79 Å². The Hall–Kier alpha value is -2.47. The molecule has 6 nitrogen and oxygen atoms in total. The first-order valence-electron chi connectivity index (χ1n) is 10.2. The molecule has 1 N–H and O–H groups in total. The maximum Gasteiger partial charge on any atom is 0.231 e. The number of rotatable bonds is 4. The van der Waals surface area contributed by atoms with Crippen molar-refractivity contribution in [2.75, 3.05) is 31.2 Å². The van der Waals surface area contributed by atoms with Crippen molar-refractivity contribution in [2.45, 2.75) is 32.2 Å². The molecule has 0 saturated carbocycles. The minimum Gasteiger partial charge on any atom is -0.380 e. The largest absolute Gasteiger partial charge is 0.380 e. The van der Waals surface area contributed by atoms with Gasteiger partial charge in [-0.1, -0.05) is 18.2 Å². The highest BCUT2D eigenvalue weighted by atomic mass is 16.5. The molecule has 28 heavy (non-hydrogen) atoms. The van der Waals surface area contributed by atoms with Crippen LogP contribution in [0.2, 0.25) is 0 Å². The highest BCUT2D eigenvalue weighted by Crippen LogP contribution is 2.42. The molecule has 146 valence electrons. The molecule has 2 aliphatic heterocycles. The van der Waals surface area contributed by atoms with E-state index < -0.39 is 5.41 Å². The fourth-order valence-corrected chi connectivity index (χ4v) is 4.92. The van der Waals surface area contributed by atoms with Crippen LogP contribution in [0.4, 0.5) is 5.95 Å². The average Bonchev–Trinajstić information content (AvgIpc) is 3.31. The van der Waals surface area contributed by atoms with E-state index in [4.69, 9.17) is 4.74 Å². The standard InChI is InChI=1S/C22H26N4O2/c27-20(25-11-16-6-7-17-4-1-2-5-18(17)10-16)22-14-26(12-19(22)13-28-15-22)21-23-8-3-9-24-21/h3,6-10,19H,1-2,4-5,11-15H2,(H,25,27)/t19-,22-/m1/s1. The highest BCUT2D eigenvalue weighted by Gasteiger charge is 2.56. The van der Waals surface area contributed by atoms with E-state index >= 15 is 0 Å². The highest BCUT2D eigenvalue weighted by molar-refractivity contribution is 5.85. The minimum absolute atomic E-state index is 0.0890.